The molecule has 76 valence electrons. The summed E-state index contributed by atoms with van der Waals surface area (Å²) in [4.78, 5) is 20.5. The topological polar surface area (TPSA) is 95.5 Å². The number of ether oxygens (including phenoxy) is 1. The van der Waals surface area contributed by atoms with Crippen LogP contribution >= 0.6 is 0 Å². The first-order valence-corrected chi connectivity index (χ1v) is 3.78. The molecule has 0 atom stereocenters. The molecule has 0 bridgehead atoms. The van der Waals surface area contributed by atoms with Gasteiger partial charge in [-0.1, -0.05) is 0 Å². The summed E-state index contributed by atoms with van der Waals surface area (Å²) in [5, 5.41) is 10.3. The van der Waals surface area contributed by atoms with Gasteiger partial charge in [0.1, 0.15) is 5.75 Å². The second-order valence-corrected chi connectivity index (χ2v) is 2.43. The van der Waals surface area contributed by atoms with Crippen LogP contribution in [-0.2, 0) is 4.79 Å². The fourth-order valence-electron chi connectivity index (χ4n) is 0.809. The van der Waals surface area contributed by atoms with E-state index in [1.54, 1.807) is 0 Å². The van der Waals surface area contributed by atoms with Crippen LogP contribution in [0.25, 0.3) is 0 Å². The van der Waals surface area contributed by atoms with Crippen LogP contribution in [0.15, 0.2) is 24.3 Å². The Morgan fingerprint density at radius 3 is 2.40 bits per heavy atom. The second kappa shape index (κ2) is 6.52. The van der Waals surface area contributed by atoms with Gasteiger partial charge >= 0.3 is 35.5 Å². The minimum absolute atomic E-state index is 0. The van der Waals surface area contributed by atoms with Gasteiger partial charge in [0, 0.05) is 12.1 Å². The van der Waals surface area contributed by atoms with E-state index in [2.05, 4.69) is 0 Å². The van der Waals surface area contributed by atoms with Gasteiger partial charge in [-0.3, -0.25) is 14.9 Å². The summed E-state index contributed by atoms with van der Waals surface area (Å²) in [6.07, 6.45) is 0. The number of hydrogen-bond acceptors (Lipinski definition) is 5. The molecule has 1 aromatic carbocycles. The molecule has 0 unspecified atom stereocenters. The van der Waals surface area contributed by atoms with E-state index in [-0.39, 0.29) is 49.0 Å². The number of nitro benzene ring substituents is 1. The van der Waals surface area contributed by atoms with E-state index < -0.39 is 10.9 Å². The number of nitro groups is 1. The predicted molar refractivity (Wildman–Crippen MR) is 48.9 cm³/mol. The average molecular weight is 220 g/mol. The number of carbonyl (C=O) groups is 1. The van der Waals surface area contributed by atoms with E-state index in [1.807, 2.05) is 0 Å². The van der Waals surface area contributed by atoms with E-state index in [4.69, 9.17) is 10.5 Å². The van der Waals surface area contributed by atoms with E-state index in [9.17, 15) is 14.9 Å². The van der Waals surface area contributed by atoms with Crippen LogP contribution in [-0.4, -0.2) is 17.4 Å². The third-order valence-corrected chi connectivity index (χ3v) is 1.45. The number of carbonyl (C=O) groups excluding carboxylic acids is 1. The number of esters is 1. The number of hydrogen-bond donors (Lipinski definition) is 1. The molecule has 1 aromatic rings. The minimum atomic E-state index is -0.584. The first kappa shape index (κ1) is 14.1. The Kier molecular flexibility index (Phi) is 6.11. The summed E-state index contributed by atoms with van der Waals surface area (Å²) in [6, 6.07) is 5.18. The molecule has 0 heterocycles. The van der Waals surface area contributed by atoms with Crippen molar-refractivity contribution in [1.82, 2.24) is 0 Å². The van der Waals surface area contributed by atoms with Gasteiger partial charge in [-0.2, -0.15) is 0 Å². The van der Waals surface area contributed by atoms with Gasteiger partial charge in [-0.15, -0.1) is 0 Å². The first-order chi connectivity index (χ1) is 6.63. The fraction of sp³-hybridized carbons (Fsp3) is 0.125. The summed E-state index contributed by atoms with van der Waals surface area (Å²) in [7, 11) is 0. The van der Waals surface area contributed by atoms with E-state index in [1.165, 1.54) is 24.3 Å². The van der Waals surface area contributed by atoms with Crippen molar-refractivity contribution in [2.45, 2.75) is 0 Å². The second-order valence-electron chi connectivity index (χ2n) is 2.43. The Balaban J connectivity index is 0. The molecule has 0 aromatic heterocycles. The summed E-state index contributed by atoms with van der Waals surface area (Å²) in [6.45, 7) is -0.225. The number of rotatable bonds is 3. The number of nitrogens with zero attached hydrogens (tertiary/aromatic N) is 1. The molecule has 1 rings (SSSR count). The first-order valence-electron chi connectivity index (χ1n) is 3.78. The van der Waals surface area contributed by atoms with Crippen LogP contribution in [0, 0.1) is 10.1 Å². The molecule has 0 fully saturated rings. The average Bonchev–Trinajstić information content (AvgIpc) is 2.18. The monoisotopic (exact) mass is 220 g/mol. The van der Waals surface area contributed by atoms with Gasteiger partial charge < -0.3 is 11.9 Å². The van der Waals surface area contributed by atoms with Crippen LogP contribution in [0.5, 0.6) is 5.75 Å². The molecule has 0 saturated heterocycles. The maximum atomic E-state index is 10.7. The normalized spacial score (nSPS) is 8.87. The van der Waals surface area contributed by atoms with Crippen LogP contribution < -0.4 is 40.0 Å². The van der Waals surface area contributed by atoms with Gasteiger partial charge in [0.05, 0.1) is 11.5 Å². The molecule has 0 aliphatic heterocycles. The van der Waals surface area contributed by atoms with Crippen molar-refractivity contribution in [3.8, 4) is 5.75 Å². The smallest absolute Gasteiger partial charge is 1.00 e. The van der Waals surface area contributed by atoms with Crippen LogP contribution in [0.4, 0.5) is 5.69 Å². The Bertz CT molecular complexity index is 358. The van der Waals surface area contributed by atoms with E-state index >= 15 is 0 Å². The van der Waals surface area contributed by atoms with E-state index in [0.717, 1.165) is 0 Å². The van der Waals surface area contributed by atoms with Gasteiger partial charge in [0.2, 0.25) is 0 Å². The zero-order valence-corrected chi connectivity index (χ0v) is 10.2. The maximum Gasteiger partial charge on any atom is 1.00 e. The maximum absolute atomic E-state index is 10.7. The molecule has 0 aliphatic rings. The van der Waals surface area contributed by atoms with Crippen molar-refractivity contribution >= 4 is 11.7 Å². The fourth-order valence-corrected chi connectivity index (χ4v) is 0.809. The third-order valence-electron chi connectivity index (χ3n) is 1.45. The Hall–Kier alpha value is -0.950. The molecule has 0 spiro atoms. The molecule has 6 nitrogen and oxygen atoms in total. The van der Waals surface area contributed by atoms with Crippen molar-refractivity contribution < 1.29 is 45.4 Å². The van der Waals surface area contributed by atoms with Gasteiger partial charge in [-0.05, 0) is 12.1 Å². The van der Waals surface area contributed by atoms with Crippen molar-refractivity contribution in [1.29, 1.82) is 0 Å². The molecule has 0 aliphatic carbocycles. The zero-order chi connectivity index (χ0) is 10.6. The predicted octanol–water partition coefficient (Wildman–Crippen LogP) is -2.42. The van der Waals surface area contributed by atoms with Crippen molar-refractivity contribution in [3.63, 3.8) is 0 Å². The molecule has 0 radical (unpaired) electrons. The minimum Gasteiger partial charge on any atom is -1.00 e. The zero-order valence-electron chi connectivity index (χ0n) is 9.17. The summed E-state index contributed by atoms with van der Waals surface area (Å²) >= 11 is 0. The summed E-state index contributed by atoms with van der Waals surface area (Å²) in [5.41, 5.74) is 4.96. The van der Waals surface area contributed by atoms with Crippen LogP contribution in [0.2, 0.25) is 0 Å². The Morgan fingerprint density at radius 2 is 2.00 bits per heavy atom. The molecule has 2 N–H and O–H groups in total. The Morgan fingerprint density at radius 1 is 1.47 bits per heavy atom. The quantitative estimate of drug-likeness (QED) is 0.201. The molecule has 7 heteroatoms. The number of nitrogens with two attached hydrogens (primary N) is 1. The van der Waals surface area contributed by atoms with Crippen molar-refractivity contribution in [3.05, 3.63) is 34.4 Å². The van der Waals surface area contributed by atoms with Crippen molar-refractivity contribution in [2.75, 3.05) is 6.54 Å². The molecule has 15 heavy (non-hydrogen) atoms. The molecule has 0 amide bonds. The van der Waals surface area contributed by atoms with Gasteiger partial charge in [0.15, 0.2) is 0 Å². The van der Waals surface area contributed by atoms with Gasteiger partial charge in [-0.25, -0.2) is 0 Å². The summed E-state index contributed by atoms with van der Waals surface area (Å²) in [5.74, 6) is -0.343. The molecular formula is C8H9N2NaO4. The number of benzene rings is 1. The van der Waals surface area contributed by atoms with Crippen LogP contribution in [0.3, 0.4) is 0 Å². The van der Waals surface area contributed by atoms with Gasteiger partial charge in [0.25, 0.3) is 5.69 Å². The summed E-state index contributed by atoms with van der Waals surface area (Å²) < 4.78 is 4.71. The largest absolute Gasteiger partial charge is 1.00 e. The standard InChI is InChI=1S/C8H8N2O4.Na.H/c9-5-8(11)14-7-3-1-6(2-4-7)10(12)13;;/h1-4H,5,9H2;;/q;+1;-1. The number of non-ortho nitro benzene ring substituents is 1. The molecule has 0 saturated carbocycles. The van der Waals surface area contributed by atoms with Crippen molar-refractivity contribution in [2.24, 2.45) is 5.73 Å². The van der Waals surface area contributed by atoms with E-state index in [0.29, 0.717) is 0 Å². The Labute approximate surface area is 109 Å². The van der Waals surface area contributed by atoms with Crippen LogP contribution in [0.1, 0.15) is 1.43 Å². The third kappa shape index (κ3) is 4.39. The SMILES string of the molecule is NCC(=O)Oc1ccc([N+](=O)[O-])cc1.[H-].[Na+]. The molecular weight excluding hydrogens is 211 g/mol.